The first-order valence-corrected chi connectivity index (χ1v) is 7.69. The first kappa shape index (κ1) is 13.2. The second kappa shape index (κ2) is 4.79. The van der Waals surface area contributed by atoms with Gasteiger partial charge in [-0.15, -0.1) is 0 Å². The largest absolute Gasteiger partial charge is 0.369 e. The third-order valence-corrected chi connectivity index (χ3v) is 5.61. The highest BCUT2D eigenvalue weighted by Gasteiger charge is 2.29. The smallest absolute Gasteiger partial charge is 0.156 e. The topological polar surface area (TPSA) is 61.2 Å². The normalized spacial score (nSPS) is 22.5. The van der Waals surface area contributed by atoms with Gasteiger partial charge in [-0.2, -0.15) is 5.26 Å². The molecule has 0 saturated carbocycles. The van der Waals surface area contributed by atoms with Gasteiger partial charge >= 0.3 is 0 Å². The number of nitriles is 1. The Morgan fingerprint density at radius 1 is 1.50 bits per heavy atom. The number of nitrogens with zero attached hydrogens (tertiary/aromatic N) is 2. The average Bonchev–Trinajstić information content (AvgIpc) is 2.32. The molecule has 1 aliphatic heterocycles. The molecular formula is C12H13ClN2O2S. The fourth-order valence-corrected chi connectivity index (χ4v) is 3.48. The Labute approximate surface area is 112 Å². The van der Waals surface area contributed by atoms with Crippen molar-refractivity contribution < 1.29 is 8.42 Å². The summed E-state index contributed by atoms with van der Waals surface area (Å²) in [6.07, 6.45) is 0. The fourth-order valence-electron chi connectivity index (χ4n) is 1.98. The maximum atomic E-state index is 11.6. The number of hydrogen-bond acceptors (Lipinski definition) is 4. The van der Waals surface area contributed by atoms with Gasteiger partial charge in [-0.25, -0.2) is 8.42 Å². The summed E-state index contributed by atoms with van der Waals surface area (Å²) >= 11 is 5.97. The maximum absolute atomic E-state index is 11.6. The number of anilines is 1. The summed E-state index contributed by atoms with van der Waals surface area (Å²) in [5.41, 5.74) is 1.29. The van der Waals surface area contributed by atoms with Crippen molar-refractivity contribution in [1.29, 1.82) is 5.26 Å². The van der Waals surface area contributed by atoms with E-state index in [1.54, 1.807) is 25.1 Å². The molecule has 96 valence electrons. The van der Waals surface area contributed by atoms with Crippen molar-refractivity contribution in [2.24, 2.45) is 0 Å². The molecule has 0 bridgehead atoms. The van der Waals surface area contributed by atoms with Crippen LogP contribution in [0.5, 0.6) is 0 Å². The van der Waals surface area contributed by atoms with Crippen LogP contribution in [0.4, 0.5) is 5.69 Å². The van der Waals surface area contributed by atoms with E-state index in [0.717, 1.165) is 5.69 Å². The Morgan fingerprint density at radius 3 is 2.78 bits per heavy atom. The second-order valence-corrected chi connectivity index (χ2v) is 7.35. The first-order chi connectivity index (χ1) is 8.44. The Bertz CT molecular complexity index is 607. The molecule has 0 spiro atoms. The fraction of sp³-hybridized carbons (Fsp3) is 0.417. The van der Waals surface area contributed by atoms with Crippen molar-refractivity contribution in [1.82, 2.24) is 0 Å². The molecule has 1 aliphatic rings. The summed E-state index contributed by atoms with van der Waals surface area (Å²) < 4.78 is 23.3. The van der Waals surface area contributed by atoms with Crippen molar-refractivity contribution in [3.63, 3.8) is 0 Å². The van der Waals surface area contributed by atoms with Crippen LogP contribution in [0.2, 0.25) is 5.02 Å². The van der Waals surface area contributed by atoms with E-state index in [4.69, 9.17) is 16.9 Å². The molecule has 0 aliphatic carbocycles. The zero-order valence-corrected chi connectivity index (χ0v) is 11.5. The molecule has 0 N–H and O–H groups in total. The van der Waals surface area contributed by atoms with Gasteiger partial charge in [-0.3, -0.25) is 0 Å². The molecule has 4 nitrogen and oxygen atoms in total. The monoisotopic (exact) mass is 284 g/mol. The molecule has 1 fully saturated rings. The molecule has 18 heavy (non-hydrogen) atoms. The molecule has 2 rings (SSSR count). The van der Waals surface area contributed by atoms with Crippen molar-refractivity contribution in [2.75, 3.05) is 23.7 Å². The lowest BCUT2D eigenvalue weighted by Gasteiger charge is -2.32. The lowest BCUT2D eigenvalue weighted by molar-refractivity contribution is 0.569. The Hall–Kier alpha value is -1.25. The number of benzene rings is 1. The van der Waals surface area contributed by atoms with Gasteiger partial charge in [0.2, 0.25) is 0 Å². The van der Waals surface area contributed by atoms with Crippen LogP contribution in [0.25, 0.3) is 0 Å². The van der Waals surface area contributed by atoms with E-state index >= 15 is 0 Å². The van der Waals surface area contributed by atoms with E-state index in [1.165, 1.54) is 0 Å². The van der Waals surface area contributed by atoms with Gasteiger partial charge in [0.05, 0.1) is 21.6 Å². The van der Waals surface area contributed by atoms with Gasteiger partial charge in [-0.05, 0) is 25.1 Å². The maximum Gasteiger partial charge on any atom is 0.156 e. The highest BCUT2D eigenvalue weighted by molar-refractivity contribution is 7.92. The molecule has 0 amide bonds. The van der Waals surface area contributed by atoms with Gasteiger partial charge in [0.25, 0.3) is 0 Å². The van der Waals surface area contributed by atoms with Crippen LogP contribution in [-0.2, 0) is 9.84 Å². The summed E-state index contributed by atoms with van der Waals surface area (Å²) in [6, 6.07) is 7.17. The Balaban J connectivity index is 2.24. The lowest BCUT2D eigenvalue weighted by atomic mass is 10.2. The molecule has 0 unspecified atom stereocenters. The number of hydrogen-bond donors (Lipinski definition) is 0. The molecule has 1 atom stereocenters. The Kier molecular flexibility index (Phi) is 3.51. The summed E-state index contributed by atoms with van der Waals surface area (Å²) in [5.74, 6) is 0.159. The molecule has 1 aromatic carbocycles. The minimum atomic E-state index is -2.95. The first-order valence-electron chi connectivity index (χ1n) is 5.60. The van der Waals surface area contributed by atoms with E-state index in [2.05, 4.69) is 0 Å². The van der Waals surface area contributed by atoms with E-state index in [9.17, 15) is 8.42 Å². The molecule has 1 aromatic rings. The zero-order chi connectivity index (χ0) is 13.3. The van der Waals surface area contributed by atoms with Crippen LogP contribution in [0.1, 0.15) is 12.5 Å². The van der Waals surface area contributed by atoms with Gasteiger partial charge in [0.15, 0.2) is 9.84 Å². The molecule has 0 aromatic heterocycles. The van der Waals surface area contributed by atoms with Gasteiger partial charge in [0.1, 0.15) is 6.07 Å². The zero-order valence-electron chi connectivity index (χ0n) is 9.93. The van der Waals surface area contributed by atoms with Crippen molar-refractivity contribution in [2.45, 2.75) is 12.2 Å². The highest BCUT2D eigenvalue weighted by Crippen LogP contribution is 2.25. The van der Waals surface area contributed by atoms with Gasteiger partial charge in [0, 0.05) is 18.8 Å². The standard InChI is InChI=1S/C12H13ClN2O2S/c1-9-8-15(4-5-18(9,16)17)11-3-2-10(7-14)12(13)6-11/h2-3,6,9H,4-5,8H2,1H3/t9-/m1/s1. The van der Waals surface area contributed by atoms with E-state index in [-0.39, 0.29) is 11.0 Å². The van der Waals surface area contributed by atoms with E-state index in [0.29, 0.717) is 23.7 Å². The van der Waals surface area contributed by atoms with Crippen LogP contribution >= 0.6 is 11.6 Å². The minimum absolute atomic E-state index is 0.159. The minimum Gasteiger partial charge on any atom is -0.369 e. The van der Waals surface area contributed by atoms with Crippen molar-refractivity contribution >= 4 is 27.1 Å². The number of halogens is 1. The van der Waals surface area contributed by atoms with Crippen LogP contribution < -0.4 is 4.90 Å². The SMILES string of the molecule is C[C@@H]1CN(c2ccc(C#N)c(Cl)c2)CCS1(=O)=O. The van der Waals surface area contributed by atoms with E-state index < -0.39 is 9.84 Å². The molecule has 0 radical (unpaired) electrons. The number of sulfone groups is 1. The molecule has 1 saturated heterocycles. The van der Waals surface area contributed by atoms with Crippen molar-refractivity contribution in [3.8, 4) is 6.07 Å². The molecule has 6 heteroatoms. The highest BCUT2D eigenvalue weighted by atomic mass is 35.5. The molecular weight excluding hydrogens is 272 g/mol. The van der Waals surface area contributed by atoms with Crippen LogP contribution in [-0.4, -0.2) is 32.5 Å². The van der Waals surface area contributed by atoms with Gasteiger partial charge in [-0.1, -0.05) is 11.6 Å². The summed E-state index contributed by atoms with van der Waals surface area (Å²) in [6.45, 7) is 2.65. The lowest BCUT2D eigenvalue weighted by Crippen LogP contribution is -2.45. The predicted molar refractivity (Wildman–Crippen MR) is 71.6 cm³/mol. The summed E-state index contributed by atoms with van der Waals surface area (Å²) in [5, 5.41) is 8.83. The predicted octanol–water partition coefficient (Wildman–Crippen LogP) is 1.83. The molecule has 1 heterocycles. The second-order valence-electron chi connectivity index (χ2n) is 4.40. The van der Waals surface area contributed by atoms with Gasteiger partial charge < -0.3 is 4.90 Å². The van der Waals surface area contributed by atoms with Crippen LogP contribution in [0.15, 0.2) is 18.2 Å². The summed E-state index contributed by atoms with van der Waals surface area (Å²) in [4.78, 5) is 1.98. The third-order valence-electron chi connectivity index (χ3n) is 3.17. The number of rotatable bonds is 1. The van der Waals surface area contributed by atoms with Crippen LogP contribution in [0.3, 0.4) is 0 Å². The van der Waals surface area contributed by atoms with Crippen molar-refractivity contribution in [3.05, 3.63) is 28.8 Å². The van der Waals surface area contributed by atoms with Crippen LogP contribution in [0, 0.1) is 11.3 Å². The third kappa shape index (κ3) is 2.45. The Morgan fingerprint density at radius 2 is 2.22 bits per heavy atom. The quantitative estimate of drug-likeness (QED) is 0.789. The van der Waals surface area contributed by atoms with E-state index in [1.807, 2.05) is 11.0 Å². The average molecular weight is 285 g/mol. The summed E-state index contributed by atoms with van der Waals surface area (Å²) in [7, 11) is -2.95.